The maximum Gasteiger partial charge on any atom is 0.0205 e. The van der Waals surface area contributed by atoms with Gasteiger partial charge in [0.25, 0.3) is 0 Å². The topological polar surface area (TPSA) is 48.1 Å². The van der Waals surface area contributed by atoms with Crippen LogP contribution >= 0.6 is 53.4 Å². The van der Waals surface area contributed by atoms with Crippen LogP contribution in [-0.4, -0.2) is 50.8 Å². The second kappa shape index (κ2) is 24.7. The second-order valence-corrected chi connectivity index (χ2v) is 14.1. The Kier molecular flexibility index (Phi) is 22.2. The monoisotopic (exact) mass is 686 g/mol. The summed E-state index contributed by atoms with van der Waals surface area (Å²) in [5.41, 5.74) is 2.68. The van der Waals surface area contributed by atoms with E-state index in [1.165, 1.54) is 74.0 Å². The summed E-state index contributed by atoms with van der Waals surface area (Å²) in [5.74, 6) is 2.39. The van der Waals surface area contributed by atoms with Crippen molar-refractivity contribution >= 4 is 53.4 Å². The van der Waals surface area contributed by atoms with Gasteiger partial charge in [0.1, 0.15) is 0 Å². The summed E-state index contributed by atoms with van der Waals surface area (Å²) < 4.78 is 2.31. The average Bonchev–Trinajstić information content (AvgIpc) is 2.91. The minimum absolute atomic E-state index is 0.958. The lowest BCUT2D eigenvalue weighted by atomic mass is 10.2. The molecule has 0 atom stereocenters. The Labute approximate surface area is 257 Å². The third-order valence-corrected chi connectivity index (χ3v) is 9.55. The molecular weight excluding hydrogens is 640 g/mol. The molecule has 2 aromatic rings. The van der Waals surface area contributed by atoms with Crippen LogP contribution in [0.5, 0.6) is 0 Å². The van der Waals surface area contributed by atoms with Crippen molar-refractivity contribution in [3.63, 3.8) is 0 Å². The van der Waals surface area contributed by atoms with Crippen molar-refractivity contribution in [2.75, 3.05) is 50.8 Å². The molecule has 0 aliphatic rings. The SMILES string of the molecule is Brc1cccc(CNCCCCCCNCCSSCCNCCCCCCNCc2cccc(Br)c2)c1. The second-order valence-electron chi connectivity index (χ2n) is 9.59. The minimum atomic E-state index is 0.958. The van der Waals surface area contributed by atoms with Crippen molar-refractivity contribution in [1.29, 1.82) is 0 Å². The first-order valence-electron chi connectivity index (χ1n) is 14.3. The third kappa shape index (κ3) is 19.9. The number of benzene rings is 2. The van der Waals surface area contributed by atoms with Gasteiger partial charge in [-0.25, -0.2) is 0 Å². The number of unbranched alkanes of at least 4 members (excludes halogenated alkanes) is 6. The smallest absolute Gasteiger partial charge is 0.0205 e. The zero-order valence-electron chi connectivity index (χ0n) is 22.9. The average molecular weight is 689 g/mol. The zero-order chi connectivity index (χ0) is 26.9. The Morgan fingerprint density at radius 2 is 0.868 bits per heavy atom. The van der Waals surface area contributed by atoms with Crippen LogP contribution in [0.25, 0.3) is 0 Å². The van der Waals surface area contributed by atoms with E-state index in [0.29, 0.717) is 0 Å². The van der Waals surface area contributed by atoms with Crippen LogP contribution in [0.1, 0.15) is 62.5 Å². The molecule has 0 aliphatic carbocycles. The molecule has 0 aliphatic heterocycles. The number of hydrogen-bond acceptors (Lipinski definition) is 6. The van der Waals surface area contributed by atoms with Gasteiger partial charge < -0.3 is 21.3 Å². The highest BCUT2D eigenvalue weighted by Gasteiger charge is 1.97. The van der Waals surface area contributed by atoms with E-state index in [4.69, 9.17) is 0 Å². The van der Waals surface area contributed by atoms with E-state index in [1.54, 1.807) is 0 Å². The molecule has 4 N–H and O–H groups in total. The Bertz CT molecular complexity index is 761. The van der Waals surface area contributed by atoms with Crippen molar-refractivity contribution < 1.29 is 0 Å². The molecular formula is C30H48Br2N4S2. The van der Waals surface area contributed by atoms with Crippen LogP contribution < -0.4 is 21.3 Å². The summed E-state index contributed by atoms with van der Waals surface area (Å²) in [7, 11) is 4.00. The summed E-state index contributed by atoms with van der Waals surface area (Å²) in [6, 6.07) is 17.1. The van der Waals surface area contributed by atoms with Crippen molar-refractivity contribution in [2.24, 2.45) is 0 Å². The molecule has 0 heterocycles. The van der Waals surface area contributed by atoms with E-state index in [-0.39, 0.29) is 0 Å². The molecule has 0 fully saturated rings. The van der Waals surface area contributed by atoms with Gasteiger partial charge in [0.05, 0.1) is 0 Å². The van der Waals surface area contributed by atoms with Crippen LogP contribution in [0.15, 0.2) is 57.5 Å². The molecule has 0 radical (unpaired) electrons. The molecule has 38 heavy (non-hydrogen) atoms. The zero-order valence-corrected chi connectivity index (χ0v) is 27.7. The van der Waals surface area contributed by atoms with Gasteiger partial charge in [-0.3, -0.25) is 0 Å². The quantitative estimate of drug-likeness (QED) is 0.0632. The molecule has 0 unspecified atom stereocenters. The first kappa shape index (κ1) is 34.1. The Morgan fingerprint density at radius 3 is 1.26 bits per heavy atom. The largest absolute Gasteiger partial charge is 0.316 e. The van der Waals surface area contributed by atoms with Crippen LogP contribution in [0, 0.1) is 0 Å². The first-order valence-corrected chi connectivity index (χ1v) is 18.4. The lowest BCUT2D eigenvalue weighted by molar-refractivity contribution is 0.569. The summed E-state index contributed by atoms with van der Waals surface area (Å²) in [4.78, 5) is 0. The van der Waals surface area contributed by atoms with Crippen LogP contribution in [0.3, 0.4) is 0 Å². The minimum Gasteiger partial charge on any atom is -0.316 e. The van der Waals surface area contributed by atoms with Crippen molar-refractivity contribution in [1.82, 2.24) is 21.3 Å². The fourth-order valence-electron chi connectivity index (χ4n) is 4.06. The van der Waals surface area contributed by atoms with Gasteiger partial charge in [0.15, 0.2) is 0 Å². The lowest BCUT2D eigenvalue weighted by Gasteiger charge is -2.07. The Hall–Kier alpha value is -0.0600. The molecule has 2 rings (SSSR count). The molecule has 8 heteroatoms. The van der Waals surface area contributed by atoms with E-state index in [0.717, 1.165) is 61.3 Å². The van der Waals surface area contributed by atoms with Crippen LogP contribution in [-0.2, 0) is 13.1 Å². The van der Waals surface area contributed by atoms with Gasteiger partial charge in [-0.15, -0.1) is 0 Å². The van der Waals surface area contributed by atoms with E-state index in [1.807, 2.05) is 21.6 Å². The fourth-order valence-corrected chi connectivity index (χ4v) is 6.85. The summed E-state index contributed by atoms with van der Waals surface area (Å²) >= 11 is 7.06. The summed E-state index contributed by atoms with van der Waals surface area (Å²) in [6.45, 7) is 8.68. The van der Waals surface area contributed by atoms with E-state index in [9.17, 15) is 0 Å². The van der Waals surface area contributed by atoms with Gasteiger partial charge in [-0.1, -0.05) is 103 Å². The Balaban J connectivity index is 1.20. The molecule has 0 saturated heterocycles. The van der Waals surface area contributed by atoms with Gasteiger partial charge >= 0.3 is 0 Å². The summed E-state index contributed by atoms with van der Waals surface area (Å²) in [5, 5.41) is 14.3. The van der Waals surface area contributed by atoms with E-state index in [2.05, 4.69) is 102 Å². The van der Waals surface area contributed by atoms with Crippen molar-refractivity contribution in [2.45, 2.75) is 64.5 Å². The molecule has 0 aromatic heterocycles. The normalized spacial score (nSPS) is 11.3. The predicted octanol–water partition coefficient (Wildman–Crippen LogP) is 7.77. The molecule has 214 valence electrons. The highest BCUT2D eigenvalue weighted by atomic mass is 79.9. The van der Waals surface area contributed by atoms with Gasteiger partial charge in [-0.2, -0.15) is 0 Å². The maximum atomic E-state index is 3.59. The molecule has 0 bridgehead atoms. The third-order valence-electron chi connectivity index (χ3n) is 6.16. The van der Waals surface area contributed by atoms with Crippen LogP contribution in [0.4, 0.5) is 0 Å². The number of hydrogen-bond donors (Lipinski definition) is 4. The van der Waals surface area contributed by atoms with Crippen molar-refractivity contribution in [3.05, 3.63) is 68.6 Å². The molecule has 0 spiro atoms. The molecule has 2 aromatic carbocycles. The summed E-state index contributed by atoms with van der Waals surface area (Å²) in [6.07, 6.45) is 10.4. The number of rotatable bonds is 25. The fraction of sp³-hybridized carbons (Fsp3) is 0.600. The van der Waals surface area contributed by atoms with E-state index >= 15 is 0 Å². The highest BCUT2D eigenvalue weighted by Crippen LogP contribution is 2.19. The lowest BCUT2D eigenvalue weighted by Crippen LogP contribution is -2.19. The highest BCUT2D eigenvalue weighted by molar-refractivity contribution is 9.10. The number of halogens is 2. The Morgan fingerprint density at radius 1 is 0.474 bits per heavy atom. The van der Waals surface area contributed by atoms with Gasteiger partial charge in [-0.05, 0) is 87.3 Å². The predicted molar refractivity (Wildman–Crippen MR) is 179 cm³/mol. The first-order chi connectivity index (χ1) is 18.7. The van der Waals surface area contributed by atoms with Crippen molar-refractivity contribution in [3.8, 4) is 0 Å². The van der Waals surface area contributed by atoms with E-state index < -0.39 is 0 Å². The molecule has 0 saturated carbocycles. The maximum absolute atomic E-state index is 3.59. The molecule has 4 nitrogen and oxygen atoms in total. The standard InChI is InChI=1S/C30H48Br2N4S2/c31-29-13-9-11-27(23-29)25-35-17-7-3-1-5-15-33-19-21-37-38-22-20-34-16-6-2-4-8-18-36-26-28-12-10-14-30(32)24-28/h9-14,23-24,33-36H,1-8,15-22,25-26H2. The molecule has 0 amide bonds. The van der Waals surface area contributed by atoms with Gasteiger partial charge in [0, 0.05) is 46.6 Å². The number of nitrogens with one attached hydrogen (secondary N) is 4. The van der Waals surface area contributed by atoms with Crippen LogP contribution in [0.2, 0.25) is 0 Å². The van der Waals surface area contributed by atoms with Gasteiger partial charge in [0.2, 0.25) is 0 Å².